The van der Waals surface area contributed by atoms with Gasteiger partial charge in [0.15, 0.2) is 5.82 Å². The van der Waals surface area contributed by atoms with Crippen LogP contribution in [0.4, 0.5) is 4.79 Å². The molecule has 9 nitrogen and oxygen atoms in total. The van der Waals surface area contributed by atoms with E-state index >= 15 is 0 Å². The third-order valence-corrected chi connectivity index (χ3v) is 3.47. The number of H-pyrrole nitrogens is 1. The van der Waals surface area contributed by atoms with E-state index < -0.39 is 0 Å². The predicted molar refractivity (Wildman–Crippen MR) is 74.3 cm³/mol. The van der Waals surface area contributed by atoms with Crippen LogP contribution in [0.3, 0.4) is 0 Å². The maximum absolute atomic E-state index is 11.9. The van der Waals surface area contributed by atoms with Gasteiger partial charge < -0.3 is 15.5 Å². The van der Waals surface area contributed by atoms with E-state index in [1.807, 2.05) is 6.92 Å². The van der Waals surface area contributed by atoms with E-state index in [9.17, 15) is 9.59 Å². The van der Waals surface area contributed by atoms with Crippen molar-refractivity contribution in [3.63, 3.8) is 0 Å². The van der Waals surface area contributed by atoms with E-state index in [4.69, 9.17) is 0 Å². The molecule has 3 N–H and O–H groups in total. The van der Waals surface area contributed by atoms with Crippen LogP contribution in [0.2, 0.25) is 0 Å². The van der Waals surface area contributed by atoms with Gasteiger partial charge in [-0.15, -0.1) is 10.2 Å². The molecule has 1 fully saturated rings. The molecule has 2 rings (SSSR count). The van der Waals surface area contributed by atoms with Crippen molar-refractivity contribution in [2.75, 3.05) is 19.6 Å². The van der Waals surface area contributed by atoms with E-state index in [1.54, 1.807) is 4.90 Å². The number of aromatic amines is 1. The number of aromatic nitrogens is 4. The number of urea groups is 1. The zero-order valence-electron chi connectivity index (χ0n) is 12.1. The van der Waals surface area contributed by atoms with Crippen molar-refractivity contribution in [2.45, 2.75) is 38.6 Å². The Kier molecular flexibility index (Phi) is 5.47. The molecule has 0 bridgehead atoms. The second-order valence-electron chi connectivity index (χ2n) is 5.06. The summed E-state index contributed by atoms with van der Waals surface area (Å²) < 4.78 is 0. The van der Waals surface area contributed by atoms with E-state index in [2.05, 4.69) is 31.3 Å². The molecule has 1 saturated heterocycles. The first-order valence-corrected chi connectivity index (χ1v) is 7.23. The van der Waals surface area contributed by atoms with Crippen LogP contribution in [-0.2, 0) is 11.2 Å². The molecule has 1 aromatic heterocycles. The lowest BCUT2D eigenvalue weighted by Crippen LogP contribution is -2.46. The maximum Gasteiger partial charge on any atom is 0.317 e. The highest BCUT2D eigenvalue weighted by atomic mass is 16.2. The fourth-order valence-electron chi connectivity index (χ4n) is 2.25. The number of hydrogen-bond donors (Lipinski definition) is 3. The minimum Gasteiger partial charge on any atom is -0.351 e. The molecular weight excluding hydrogens is 274 g/mol. The smallest absolute Gasteiger partial charge is 0.317 e. The zero-order valence-corrected chi connectivity index (χ0v) is 12.1. The number of rotatable bonds is 6. The van der Waals surface area contributed by atoms with Gasteiger partial charge in [0.25, 0.3) is 0 Å². The van der Waals surface area contributed by atoms with Gasteiger partial charge in [0.05, 0.1) is 6.54 Å². The van der Waals surface area contributed by atoms with Gasteiger partial charge in [0.1, 0.15) is 0 Å². The standard InChI is InChI=1S/C12H21N7O2/c1-2-9(7-10-15-17-18-16-10)14-11(20)8-13-12(21)19-5-3-4-6-19/h9H,2-8H2,1H3,(H,13,21)(H,14,20)(H,15,16,17,18). The lowest BCUT2D eigenvalue weighted by Gasteiger charge is -2.18. The number of nitrogens with one attached hydrogen (secondary N) is 3. The number of amides is 3. The van der Waals surface area contributed by atoms with Crippen LogP contribution >= 0.6 is 0 Å². The van der Waals surface area contributed by atoms with Gasteiger partial charge >= 0.3 is 6.03 Å². The Morgan fingerprint density at radius 3 is 2.76 bits per heavy atom. The Labute approximate surface area is 122 Å². The van der Waals surface area contributed by atoms with Gasteiger partial charge in [0, 0.05) is 25.6 Å². The van der Waals surface area contributed by atoms with Gasteiger partial charge in [-0.3, -0.25) is 4.79 Å². The van der Waals surface area contributed by atoms with Gasteiger partial charge in [-0.1, -0.05) is 12.1 Å². The summed E-state index contributed by atoms with van der Waals surface area (Å²) in [6, 6.07) is -0.243. The van der Waals surface area contributed by atoms with Gasteiger partial charge in [-0.25, -0.2) is 4.79 Å². The molecule has 0 saturated carbocycles. The Bertz CT molecular complexity index is 456. The average molecular weight is 295 g/mol. The van der Waals surface area contributed by atoms with Crippen LogP contribution < -0.4 is 10.6 Å². The lowest BCUT2D eigenvalue weighted by atomic mass is 10.1. The third-order valence-electron chi connectivity index (χ3n) is 3.47. The molecule has 2 heterocycles. The summed E-state index contributed by atoms with van der Waals surface area (Å²) in [5, 5.41) is 19.1. The quantitative estimate of drug-likeness (QED) is 0.650. The molecular formula is C12H21N7O2. The van der Waals surface area contributed by atoms with Gasteiger partial charge in [-0.2, -0.15) is 5.21 Å². The van der Waals surface area contributed by atoms with Crippen molar-refractivity contribution in [3.8, 4) is 0 Å². The molecule has 0 radical (unpaired) electrons. The molecule has 21 heavy (non-hydrogen) atoms. The predicted octanol–water partition coefficient (Wildman–Crippen LogP) is -0.558. The average Bonchev–Trinajstić information content (AvgIpc) is 3.17. The van der Waals surface area contributed by atoms with Crippen LogP contribution in [-0.4, -0.2) is 63.1 Å². The van der Waals surface area contributed by atoms with Gasteiger partial charge in [0.2, 0.25) is 5.91 Å². The minimum atomic E-state index is -0.210. The monoisotopic (exact) mass is 295 g/mol. The molecule has 1 aromatic rings. The number of tetrazole rings is 1. The summed E-state index contributed by atoms with van der Waals surface area (Å²) in [7, 11) is 0. The van der Waals surface area contributed by atoms with Crippen LogP contribution in [0.1, 0.15) is 32.0 Å². The first-order chi connectivity index (χ1) is 10.2. The van der Waals surface area contributed by atoms with Crippen molar-refractivity contribution in [3.05, 3.63) is 5.82 Å². The highest BCUT2D eigenvalue weighted by molar-refractivity contribution is 5.84. The summed E-state index contributed by atoms with van der Waals surface area (Å²) in [6.45, 7) is 3.48. The number of nitrogens with zero attached hydrogens (tertiary/aromatic N) is 4. The van der Waals surface area contributed by atoms with Crippen molar-refractivity contribution in [2.24, 2.45) is 0 Å². The Hall–Kier alpha value is -2.19. The molecule has 116 valence electrons. The van der Waals surface area contributed by atoms with E-state index in [0.29, 0.717) is 12.2 Å². The zero-order chi connectivity index (χ0) is 15.1. The topological polar surface area (TPSA) is 116 Å². The first-order valence-electron chi connectivity index (χ1n) is 7.23. The summed E-state index contributed by atoms with van der Waals surface area (Å²) in [4.78, 5) is 25.3. The molecule has 1 aliphatic rings. The maximum atomic E-state index is 11.9. The molecule has 1 unspecified atom stereocenters. The summed E-state index contributed by atoms with van der Waals surface area (Å²) >= 11 is 0. The SMILES string of the molecule is CCC(Cc1nn[nH]n1)NC(=O)CNC(=O)N1CCCC1. The largest absolute Gasteiger partial charge is 0.351 e. The van der Waals surface area contributed by atoms with Crippen LogP contribution in [0.25, 0.3) is 0 Å². The lowest BCUT2D eigenvalue weighted by molar-refractivity contribution is -0.120. The molecule has 9 heteroatoms. The van der Waals surface area contributed by atoms with Crippen molar-refractivity contribution >= 4 is 11.9 Å². The van der Waals surface area contributed by atoms with E-state index in [1.165, 1.54) is 0 Å². The number of likely N-dealkylation sites (tertiary alicyclic amines) is 1. The fraction of sp³-hybridized carbons (Fsp3) is 0.750. The van der Waals surface area contributed by atoms with Crippen molar-refractivity contribution in [1.29, 1.82) is 0 Å². The Balaban J connectivity index is 1.70. The fourth-order valence-corrected chi connectivity index (χ4v) is 2.25. The second-order valence-corrected chi connectivity index (χ2v) is 5.06. The Morgan fingerprint density at radius 2 is 2.14 bits per heavy atom. The molecule has 0 aliphatic carbocycles. The van der Waals surface area contributed by atoms with Crippen LogP contribution in [0, 0.1) is 0 Å². The minimum absolute atomic E-state index is 0.0158. The number of hydrogen-bond acceptors (Lipinski definition) is 5. The molecule has 1 aliphatic heterocycles. The summed E-state index contributed by atoms with van der Waals surface area (Å²) in [5.74, 6) is 0.348. The first kappa shape index (κ1) is 15.2. The second kappa shape index (κ2) is 7.55. The highest BCUT2D eigenvalue weighted by Crippen LogP contribution is 2.06. The molecule has 0 aromatic carbocycles. The van der Waals surface area contributed by atoms with E-state index in [0.717, 1.165) is 32.4 Å². The Morgan fingerprint density at radius 1 is 1.38 bits per heavy atom. The van der Waals surface area contributed by atoms with Crippen LogP contribution in [0.5, 0.6) is 0 Å². The molecule has 3 amide bonds. The summed E-state index contributed by atoms with van der Waals surface area (Å²) in [6.07, 6.45) is 3.32. The number of carbonyl (C=O) groups is 2. The van der Waals surface area contributed by atoms with Crippen LogP contribution in [0.15, 0.2) is 0 Å². The highest BCUT2D eigenvalue weighted by Gasteiger charge is 2.19. The van der Waals surface area contributed by atoms with Crippen molar-refractivity contribution < 1.29 is 9.59 Å². The third kappa shape index (κ3) is 4.69. The van der Waals surface area contributed by atoms with Gasteiger partial charge in [-0.05, 0) is 19.3 Å². The molecule has 1 atom stereocenters. The summed E-state index contributed by atoms with van der Waals surface area (Å²) in [5.41, 5.74) is 0. The molecule has 0 spiro atoms. The van der Waals surface area contributed by atoms with Crippen molar-refractivity contribution in [1.82, 2.24) is 36.2 Å². The number of carbonyl (C=O) groups excluding carboxylic acids is 2. The normalized spacial score (nSPS) is 15.8. The van der Waals surface area contributed by atoms with E-state index in [-0.39, 0.29) is 24.5 Å².